The molecule has 1 aromatic carbocycles. The predicted octanol–water partition coefficient (Wildman–Crippen LogP) is 4.58. The first-order chi connectivity index (χ1) is 11.2. The molecule has 1 heterocycles. The number of pyridine rings is 1. The average molecular weight is 313 g/mol. The summed E-state index contributed by atoms with van der Waals surface area (Å²) >= 11 is 0. The summed E-state index contributed by atoms with van der Waals surface area (Å²) < 4.78 is 32.1. The third-order valence-corrected chi connectivity index (χ3v) is 3.14. The minimum atomic E-state index is -1.03. The maximum Gasteiger partial charge on any atom is 0.201 e. The Morgan fingerprint density at radius 1 is 1.13 bits per heavy atom. The van der Waals surface area contributed by atoms with Crippen molar-refractivity contribution in [1.29, 1.82) is 0 Å². The van der Waals surface area contributed by atoms with Gasteiger partial charge in [-0.25, -0.2) is 4.39 Å². The first-order valence-corrected chi connectivity index (χ1v) is 7.32. The molecule has 0 spiro atoms. The SMILES string of the molecule is CCC/C=C/c1ccc(C#Cc2ccc(OC)c(F)c2F)cn1. The highest BCUT2D eigenvalue weighted by Crippen LogP contribution is 2.21. The Hall–Kier alpha value is -2.67. The fraction of sp³-hybridized carbons (Fsp3) is 0.211. The predicted molar refractivity (Wildman–Crippen MR) is 87.1 cm³/mol. The number of unbranched alkanes of at least 4 members (excludes halogenated alkanes) is 1. The highest BCUT2D eigenvalue weighted by Gasteiger charge is 2.12. The van der Waals surface area contributed by atoms with Crippen molar-refractivity contribution in [3.8, 4) is 17.6 Å². The summed E-state index contributed by atoms with van der Waals surface area (Å²) in [6, 6.07) is 6.37. The highest BCUT2D eigenvalue weighted by atomic mass is 19.2. The minimum Gasteiger partial charge on any atom is -0.494 e. The summed E-state index contributed by atoms with van der Waals surface area (Å²) in [7, 11) is 1.28. The molecule has 0 unspecified atom stereocenters. The molecular weight excluding hydrogens is 296 g/mol. The summed E-state index contributed by atoms with van der Waals surface area (Å²) in [5.41, 5.74) is 1.45. The molecule has 0 bridgehead atoms. The maximum atomic E-state index is 13.8. The maximum absolute atomic E-state index is 13.8. The van der Waals surface area contributed by atoms with E-state index in [0.29, 0.717) is 5.56 Å². The Morgan fingerprint density at radius 3 is 2.61 bits per heavy atom. The van der Waals surface area contributed by atoms with E-state index in [1.54, 1.807) is 12.3 Å². The van der Waals surface area contributed by atoms with E-state index in [0.717, 1.165) is 18.5 Å². The lowest BCUT2D eigenvalue weighted by Crippen LogP contribution is -1.95. The van der Waals surface area contributed by atoms with Gasteiger partial charge in [0.05, 0.1) is 18.4 Å². The second-order valence-electron chi connectivity index (χ2n) is 4.86. The van der Waals surface area contributed by atoms with Gasteiger partial charge in [0.1, 0.15) is 0 Å². The lowest BCUT2D eigenvalue weighted by atomic mass is 10.1. The lowest BCUT2D eigenvalue weighted by Gasteiger charge is -2.03. The zero-order valence-electron chi connectivity index (χ0n) is 13.1. The van der Waals surface area contributed by atoms with Crippen molar-refractivity contribution in [2.45, 2.75) is 19.8 Å². The summed E-state index contributed by atoms with van der Waals surface area (Å²) in [6.07, 6.45) is 7.70. The van der Waals surface area contributed by atoms with Gasteiger partial charge in [0.15, 0.2) is 11.6 Å². The van der Waals surface area contributed by atoms with Crippen molar-refractivity contribution >= 4 is 6.08 Å². The van der Waals surface area contributed by atoms with E-state index >= 15 is 0 Å². The van der Waals surface area contributed by atoms with E-state index in [1.165, 1.54) is 19.2 Å². The summed E-state index contributed by atoms with van der Waals surface area (Å²) in [6.45, 7) is 2.11. The molecule has 0 aliphatic rings. The van der Waals surface area contributed by atoms with Gasteiger partial charge in [-0.2, -0.15) is 4.39 Å². The van der Waals surface area contributed by atoms with Crippen LogP contribution in [-0.2, 0) is 0 Å². The third kappa shape index (κ3) is 4.40. The van der Waals surface area contributed by atoms with Crippen LogP contribution in [0.25, 0.3) is 6.08 Å². The number of nitrogens with zero attached hydrogens (tertiary/aromatic N) is 1. The molecule has 0 saturated carbocycles. The van der Waals surface area contributed by atoms with Crippen molar-refractivity contribution < 1.29 is 13.5 Å². The third-order valence-electron chi connectivity index (χ3n) is 3.14. The largest absolute Gasteiger partial charge is 0.494 e. The molecule has 1 aromatic heterocycles. The summed E-state index contributed by atoms with van der Waals surface area (Å²) in [5.74, 6) is 3.21. The van der Waals surface area contributed by atoms with Crippen LogP contribution in [0.3, 0.4) is 0 Å². The Kier molecular flexibility index (Phi) is 5.87. The van der Waals surface area contributed by atoms with Gasteiger partial charge in [-0.1, -0.05) is 31.3 Å². The molecule has 2 nitrogen and oxygen atoms in total. The Morgan fingerprint density at radius 2 is 1.96 bits per heavy atom. The van der Waals surface area contributed by atoms with Gasteiger partial charge in [0, 0.05) is 11.8 Å². The van der Waals surface area contributed by atoms with Crippen LogP contribution in [0, 0.1) is 23.5 Å². The molecule has 0 aliphatic carbocycles. The van der Waals surface area contributed by atoms with Gasteiger partial charge in [-0.15, -0.1) is 0 Å². The lowest BCUT2D eigenvalue weighted by molar-refractivity contribution is 0.371. The van der Waals surface area contributed by atoms with Crippen LogP contribution in [0.2, 0.25) is 0 Å². The molecular formula is C19H17F2NO. The number of allylic oxidation sites excluding steroid dienone is 1. The number of halogens is 2. The first-order valence-electron chi connectivity index (χ1n) is 7.32. The van der Waals surface area contributed by atoms with Gasteiger partial charge in [0.2, 0.25) is 5.82 Å². The highest BCUT2D eigenvalue weighted by molar-refractivity contribution is 5.48. The normalized spacial score (nSPS) is 10.4. The second-order valence-corrected chi connectivity index (χ2v) is 4.86. The van der Waals surface area contributed by atoms with Crippen molar-refractivity contribution in [3.05, 3.63) is 65.0 Å². The average Bonchev–Trinajstić information content (AvgIpc) is 2.58. The Bertz CT molecular complexity index is 755. The van der Waals surface area contributed by atoms with Gasteiger partial charge < -0.3 is 4.74 Å². The molecule has 0 radical (unpaired) electrons. The van der Waals surface area contributed by atoms with Crippen molar-refractivity contribution in [2.75, 3.05) is 7.11 Å². The zero-order valence-corrected chi connectivity index (χ0v) is 13.1. The molecule has 4 heteroatoms. The Labute approximate surface area is 134 Å². The van der Waals surface area contributed by atoms with E-state index in [2.05, 4.69) is 29.8 Å². The number of hydrogen-bond acceptors (Lipinski definition) is 2. The fourth-order valence-corrected chi connectivity index (χ4v) is 1.87. The molecule has 2 aromatic rings. The molecule has 0 saturated heterocycles. The van der Waals surface area contributed by atoms with Crippen molar-refractivity contribution in [3.63, 3.8) is 0 Å². The van der Waals surface area contributed by atoms with E-state index in [-0.39, 0.29) is 11.3 Å². The number of rotatable bonds is 4. The summed E-state index contributed by atoms with van der Waals surface area (Å²) in [4.78, 5) is 4.25. The topological polar surface area (TPSA) is 22.1 Å². The van der Waals surface area contributed by atoms with Gasteiger partial charge in [0.25, 0.3) is 0 Å². The van der Waals surface area contributed by atoms with Crippen LogP contribution in [0.4, 0.5) is 8.78 Å². The first kappa shape index (κ1) is 16.7. The summed E-state index contributed by atoms with van der Waals surface area (Å²) in [5, 5.41) is 0. The molecule has 23 heavy (non-hydrogen) atoms. The van der Waals surface area contributed by atoms with Crippen LogP contribution in [-0.4, -0.2) is 12.1 Å². The molecule has 0 amide bonds. The van der Waals surface area contributed by atoms with Gasteiger partial charge >= 0.3 is 0 Å². The Balaban J connectivity index is 2.18. The molecule has 0 atom stereocenters. The van der Waals surface area contributed by atoms with Crippen LogP contribution in [0.5, 0.6) is 5.75 Å². The number of aromatic nitrogens is 1. The zero-order chi connectivity index (χ0) is 16.7. The van der Waals surface area contributed by atoms with Gasteiger partial charge in [-0.3, -0.25) is 4.98 Å². The number of benzene rings is 1. The number of methoxy groups -OCH3 is 1. The number of ether oxygens (including phenoxy) is 1. The standard InChI is InChI=1S/C19H17F2NO/c1-3-4-5-6-16-11-8-14(13-22-16)7-9-15-10-12-17(23-2)19(21)18(15)20/h5-6,8,10-13H,3-4H2,1-2H3/b6-5+. The number of hydrogen-bond donors (Lipinski definition) is 0. The van der Waals surface area contributed by atoms with Crippen LogP contribution >= 0.6 is 0 Å². The molecule has 0 N–H and O–H groups in total. The molecule has 118 valence electrons. The van der Waals surface area contributed by atoms with Gasteiger partial charge in [-0.05, 0) is 36.8 Å². The smallest absolute Gasteiger partial charge is 0.201 e. The van der Waals surface area contributed by atoms with Crippen LogP contribution in [0.1, 0.15) is 36.6 Å². The quantitative estimate of drug-likeness (QED) is 0.771. The van der Waals surface area contributed by atoms with E-state index < -0.39 is 11.6 Å². The van der Waals surface area contributed by atoms with E-state index in [1.807, 2.05) is 12.1 Å². The molecule has 0 aliphatic heterocycles. The fourth-order valence-electron chi connectivity index (χ4n) is 1.87. The second kappa shape index (κ2) is 8.09. The van der Waals surface area contributed by atoms with Crippen molar-refractivity contribution in [1.82, 2.24) is 4.98 Å². The van der Waals surface area contributed by atoms with E-state index in [9.17, 15) is 8.78 Å². The van der Waals surface area contributed by atoms with Crippen LogP contribution < -0.4 is 4.74 Å². The molecule has 2 rings (SSSR count). The monoisotopic (exact) mass is 313 g/mol. The molecule has 0 fully saturated rings. The minimum absolute atomic E-state index is 0.0183. The van der Waals surface area contributed by atoms with Crippen LogP contribution in [0.15, 0.2) is 36.5 Å². The van der Waals surface area contributed by atoms with Crippen molar-refractivity contribution in [2.24, 2.45) is 0 Å². The van der Waals surface area contributed by atoms with E-state index in [4.69, 9.17) is 4.74 Å².